The Morgan fingerprint density at radius 1 is 1.00 bits per heavy atom. The molecule has 0 aliphatic carbocycles. The van der Waals surface area contributed by atoms with Crippen molar-refractivity contribution < 1.29 is 4.52 Å². The first-order valence-corrected chi connectivity index (χ1v) is 12.4. The van der Waals surface area contributed by atoms with E-state index in [0.717, 1.165) is 19.3 Å². The molecule has 4 aromatic rings. The summed E-state index contributed by atoms with van der Waals surface area (Å²) >= 11 is 6.49. The van der Waals surface area contributed by atoms with Gasteiger partial charge in [0.2, 0.25) is 0 Å². The molecule has 0 unspecified atom stereocenters. The van der Waals surface area contributed by atoms with Crippen LogP contribution >= 0.6 is 46.2 Å². The van der Waals surface area contributed by atoms with Crippen molar-refractivity contribution in [3.8, 4) is 10.8 Å². The molecule has 144 valence electrons. The van der Waals surface area contributed by atoms with Crippen molar-refractivity contribution in [3.05, 3.63) is 58.7 Å². The molecular formula is C19H18N4OS4. The Morgan fingerprint density at radius 2 is 1.75 bits per heavy atom. The van der Waals surface area contributed by atoms with Crippen molar-refractivity contribution in [3.63, 3.8) is 0 Å². The minimum absolute atomic E-state index is 0.560. The maximum absolute atomic E-state index is 5.31. The third kappa shape index (κ3) is 5.02. The maximum atomic E-state index is 5.31. The van der Waals surface area contributed by atoms with Gasteiger partial charge in [0.25, 0.3) is 5.89 Å². The number of hydrogen-bond donors (Lipinski definition) is 0. The van der Waals surface area contributed by atoms with Crippen LogP contribution in [0.3, 0.4) is 0 Å². The summed E-state index contributed by atoms with van der Waals surface area (Å²) < 4.78 is 7.20. The molecule has 3 aromatic heterocycles. The van der Waals surface area contributed by atoms with E-state index < -0.39 is 0 Å². The van der Waals surface area contributed by atoms with E-state index in [0.29, 0.717) is 23.4 Å². The van der Waals surface area contributed by atoms with Crippen LogP contribution in [0.4, 0.5) is 0 Å². The van der Waals surface area contributed by atoms with Gasteiger partial charge in [-0.2, -0.15) is 4.98 Å². The molecule has 0 N–H and O–H groups in total. The average molecular weight is 447 g/mol. The van der Waals surface area contributed by atoms with E-state index in [2.05, 4.69) is 58.5 Å². The third-order valence-electron chi connectivity index (χ3n) is 3.92. The Bertz CT molecular complexity index is 1010. The Morgan fingerprint density at radius 3 is 2.43 bits per heavy atom. The van der Waals surface area contributed by atoms with Gasteiger partial charge in [0.15, 0.2) is 14.5 Å². The summed E-state index contributed by atoms with van der Waals surface area (Å²) in [5.41, 5.74) is 2.67. The molecule has 4 rings (SSSR count). The first-order valence-electron chi connectivity index (χ1n) is 8.72. The molecule has 0 radical (unpaired) electrons. The van der Waals surface area contributed by atoms with Crippen LogP contribution in [0, 0.1) is 0 Å². The van der Waals surface area contributed by atoms with Crippen LogP contribution in [0.15, 0.2) is 55.0 Å². The standard InChI is InChI=1S/C19H18N4OS4/c1-12(2)14-7-5-13(6-8-14)10-26-18-21-22-19(28-18)27-11-16-20-17(24-23-16)15-4-3-9-25-15/h3-9,12H,10-11H2,1-2H3. The summed E-state index contributed by atoms with van der Waals surface area (Å²) in [6.45, 7) is 4.42. The van der Waals surface area contributed by atoms with E-state index in [4.69, 9.17) is 4.52 Å². The topological polar surface area (TPSA) is 64.7 Å². The molecule has 5 nitrogen and oxygen atoms in total. The number of hydrogen-bond acceptors (Lipinski definition) is 9. The summed E-state index contributed by atoms with van der Waals surface area (Å²) in [5, 5.41) is 14.6. The van der Waals surface area contributed by atoms with Crippen molar-refractivity contribution in [2.24, 2.45) is 0 Å². The second kappa shape index (κ2) is 9.21. The lowest BCUT2D eigenvalue weighted by atomic mass is 10.0. The molecule has 0 atom stereocenters. The van der Waals surface area contributed by atoms with Gasteiger partial charge in [0.1, 0.15) is 0 Å². The van der Waals surface area contributed by atoms with Crippen molar-refractivity contribution >= 4 is 46.2 Å². The zero-order valence-corrected chi connectivity index (χ0v) is 18.6. The summed E-state index contributed by atoms with van der Waals surface area (Å²) in [6.07, 6.45) is 0. The Kier molecular flexibility index (Phi) is 6.46. The molecular weight excluding hydrogens is 429 g/mol. The molecule has 0 bridgehead atoms. The smallest absolute Gasteiger partial charge is 0.268 e. The van der Waals surface area contributed by atoms with Crippen LogP contribution < -0.4 is 0 Å². The molecule has 1 aromatic carbocycles. The fraction of sp³-hybridized carbons (Fsp3) is 0.263. The zero-order valence-electron chi connectivity index (χ0n) is 15.4. The van der Waals surface area contributed by atoms with Gasteiger partial charge in [-0.3, -0.25) is 0 Å². The lowest BCUT2D eigenvalue weighted by Crippen LogP contribution is -1.87. The van der Waals surface area contributed by atoms with Crippen LogP contribution in [0.5, 0.6) is 0 Å². The molecule has 0 aliphatic rings. The lowest BCUT2D eigenvalue weighted by molar-refractivity contribution is 0.426. The van der Waals surface area contributed by atoms with Gasteiger partial charge in [-0.05, 0) is 28.5 Å². The molecule has 28 heavy (non-hydrogen) atoms. The van der Waals surface area contributed by atoms with E-state index in [1.807, 2.05) is 17.5 Å². The third-order valence-corrected chi connectivity index (χ3v) is 8.04. The largest absolute Gasteiger partial charge is 0.333 e. The SMILES string of the molecule is CC(C)c1ccc(CSc2nnc(SCc3noc(-c4cccs4)n3)s2)cc1. The number of thioether (sulfide) groups is 2. The average Bonchev–Trinajstić information content (AvgIpc) is 3.46. The highest BCUT2D eigenvalue weighted by atomic mass is 32.2. The number of aromatic nitrogens is 4. The van der Waals surface area contributed by atoms with Crippen LogP contribution in [0.1, 0.15) is 36.7 Å². The molecule has 3 heterocycles. The monoisotopic (exact) mass is 446 g/mol. The summed E-state index contributed by atoms with van der Waals surface area (Å²) in [4.78, 5) is 5.42. The zero-order chi connectivity index (χ0) is 19.3. The highest BCUT2D eigenvalue weighted by Crippen LogP contribution is 2.32. The first-order chi connectivity index (χ1) is 13.7. The van der Waals surface area contributed by atoms with Crippen LogP contribution in [-0.2, 0) is 11.5 Å². The summed E-state index contributed by atoms with van der Waals surface area (Å²) in [6, 6.07) is 12.7. The van der Waals surface area contributed by atoms with Crippen LogP contribution in [-0.4, -0.2) is 20.3 Å². The molecule has 0 aliphatic heterocycles. The second-order valence-corrected chi connectivity index (χ2v) is 10.7. The Hall–Kier alpha value is -1.68. The normalized spacial score (nSPS) is 11.4. The van der Waals surface area contributed by atoms with Crippen molar-refractivity contribution in [1.82, 2.24) is 20.3 Å². The van der Waals surface area contributed by atoms with Gasteiger partial charge >= 0.3 is 0 Å². The van der Waals surface area contributed by atoms with E-state index >= 15 is 0 Å². The van der Waals surface area contributed by atoms with Crippen molar-refractivity contribution in [2.75, 3.05) is 0 Å². The minimum atomic E-state index is 0.560. The first kappa shape index (κ1) is 19.6. The molecule has 0 amide bonds. The molecule has 0 fully saturated rings. The van der Waals surface area contributed by atoms with Gasteiger partial charge in [-0.25, -0.2) is 0 Å². The van der Waals surface area contributed by atoms with Crippen molar-refractivity contribution in [1.29, 1.82) is 0 Å². The minimum Gasteiger partial charge on any atom is -0.333 e. The number of nitrogens with zero attached hydrogens (tertiary/aromatic N) is 4. The number of benzene rings is 1. The maximum Gasteiger partial charge on any atom is 0.268 e. The van der Waals surface area contributed by atoms with Crippen LogP contribution in [0.25, 0.3) is 10.8 Å². The predicted octanol–water partition coefficient (Wildman–Crippen LogP) is 6.36. The molecule has 0 spiro atoms. The van der Waals surface area contributed by atoms with Crippen molar-refractivity contribution in [2.45, 2.75) is 40.0 Å². The number of rotatable bonds is 8. The van der Waals surface area contributed by atoms with E-state index in [1.165, 1.54) is 11.1 Å². The Balaban J connectivity index is 1.28. The fourth-order valence-electron chi connectivity index (χ4n) is 2.40. The predicted molar refractivity (Wildman–Crippen MR) is 117 cm³/mol. The van der Waals surface area contributed by atoms with E-state index in [9.17, 15) is 0 Å². The van der Waals surface area contributed by atoms with Gasteiger partial charge in [-0.1, -0.05) is 84.2 Å². The molecule has 9 heteroatoms. The summed E-state index contributed by atoms with van der Waals surface area (Å²) in [7, 11) is 0. The van der Waals surface area contributed by atoms with Gasteiger partial charge in [-0.15, -0.1) is 21.5 Å². The Labute approximate surface area is 180 Å². The molecule has 0 saturated carbocycles. The second-order valence-electron chi connectivity index (χ2n) is 6.30. The number of thiophene rings is 1. The van der Waals surface area contributed by atoms with Gasteiger partial charge < -0.3 is 4.52 Å². The van der Waals surface area contributed by atoms with E-state index in [1.54, 1.807) is 46.2 Å². The lowest BCUT2D eigenvalue weighted by Gasteiger charge is -2.05. The van der Waals surface area contributed by atoms with E-state index in [-0.39, 0.29) is 0 Å². The summed E-state index contributed by atoms with van der Waals surface area (Å²) in [5.74, 6) is 3.31. The van der Waals surface area contributed by atoms with Gasteiger partial charge in [0.05, 0.1) is 10.6 Å². The molecule has 0 saturated heterocycles. The quantitative estimate of drug-likeness (QED) is 0.292. The van der Waals surface area contributed by atoms with Crippen LogP contribution in [0.2, 0.25) is 0 Å². The van der Waals surface area contributed by atoms with Gasteiger partial charge in [0, 0.05) is 5.75 Å². The highest BCUT2D eigenvalue weighted by Gasteiger charge is 2.12. The fourth-order valence-corrected chi connectivity index (χ4v) is 5.86. The highest BCUT2D eigenvalue weighted by molar-refractivity contribution is 8.02.